The molecule has 4 rings (SSSR count). The number of benzene rings is 2. The van der Waals surface area contributed by atoms with Crippen molar-refractivity contribution in [2.24, 2.45) is 5.41 Å². The number of nitrogens with zero attached hydrogens (tertiary/aromatic N) is 2. The summed E-state index contributed by atoms with van der Waals surface area (Å²) in [4.78, 5) is 32.2. The zero-order valence-electron chi connectivity index (χ0n) is 19.1. The minimum absolute atomic E-state index is 0.00713. The summed E-state index contributed by atoms with van der Waals surface area (Å²) in [5.41, 5.74) is 3.42. The first kappa shape index (κ1) is 22.5. The molecule has 1 aliphatic rings. The topological polar surface area (TPSA) is 71.5 Å². The number of pyridine rings is 1. The van der Waals surface area contributed by atoms with Crippen molar-refractivity contribution < 1.29 is 14.3 Å². The third-order valence-corrected chi connectivity index (χ3v) is 6.49. The van der Waals surface area contributed by atoms with E-state index in [0.29, 0.717) is 31.7 Å². The molecule has 0 bridgehead atoms. The fourth-order valence-electron chi connectivity index (χ4n) is 4.74. The Kier molecular flexibility index (Phi) is 6.73. The first-order valence-electron chi connectivity index (χ1n) is 11.2. The lowest BCUT2D eigenvalue weighted by Gasteiger charge is -2.29. The Hall–Kier alpha value is -3.67. The summed E-state index contributed by atoms with van der Waals surface area (Å²) in [6.07, 6.45) is 4.98. The van der Waals surface area contributed by atoms with Gasteiger partial charge in [-0.25, -0.2) is 0 Å². The second kappa shape index (κ2) is 9.86. The van der Waals surface area contributed by atoms with Crippen molar-refractivity contribution >= 4 is 11.8 Å². The zero-order chi connectivity index (χ0) is 23.3. The van der Waals surface area contributed by atoms with Crippen LogP contribution in [0.3, 0.4) is 0 Å². The van der Waals surface area contributed by atoms with E-state index < -0.39 is 5.41 Å². The van der Waals surface area contributed by atoms with E-state index in [1.165, 1.54) is 0 Å². The summed E-state index contributed by atoms with van der Waals surface area (Å²) in [7, 11) is 3.27. The van der Waals surface area contributed by atoms with Gasteiger partial charge in [0, 0.05) is 38.1 Å². The normalized spacial score (nSPS) is 17.6. The van der Waals surface area contributed by atoms with E-state index in [0.717, 1.165) is 22.3 Å². The SMILES string of the molecule is CNC(=O)[C@]1(Cc2ccccc2-c2ccncc2)CCN(C(=O)Cc2ccccc2OC)C1. The predicted molar refractivity (Wildman–Crippen MR) is 128 cm³/mol. The summed E-state index contributed by atoms with van der Waals surface area (Å²) in [6, 6.07) is 19.6. The summed E-state index contributed by atoms with van der Waals surface area (Å²) < 4.78 is 5.40. The molecule has 0 radical (unpaired) electrons. The van der Waals surface area contributed by atoms with E-state index in [-0.39, 0.29) is 18.2 Å². The predicted octanol–water partition coefficient (Wildman–Crippen LogP) is 3.51. The molecule has 1 fully saturated rings. The second-order valence-electron chi connectivity index (χ2n) is 8.48. The molecule has 2 aromatic carbocycles. The Morgan fingerprint density at radius 2 is 1.73 bits per heavy atom. The van der Waals surface area contributed by atoms with Crippen LogP contribution in [0, 0.1) is 5.41 Å². The van der Waals surface area contributed by atoms with Crippen LogP contribution in [-0.4, -0.2) is 48.9 Å². The average molecular weight is 444 g/mol. The Morgan fingerprint density at radius 3 is 2.45 bits per heavy atom. The minimum Gasteiger partial charge on any atom is -0.496 e. The molecule has 3 aromatic rings. The third kappa shape index (κ3) is 4.75. The Bertz CT molecular complexity index is 1130. The molecule has 2 heterocycles. The molecule has 0 spiro atoms. The maximum atomic E-state index is 13.2. The van der Waals surface area contributed by atoms with Crippen molar-refractivity contribution in [2.45, 2.75) is 19.3 Å². The largest absolute Gasteiger partial charge is 0.496 e. The van der Waals surface area contributed by atoms with Gasteiger partial charge in [0.2, 0.25) is 11.8 Å². The second-order valence-corrected chi connectivity index (χ2v) is 8.48. The van der Waals surface area contributed by atoms with Gasteiger partial charge in [-0.2, -0.15) is 0 Å². The van der Waals surface area contributed by atoms with Crippen LogP contribution in [0.25, 0.3) is 11.1 Å². The Balaban J connectivity index is 1.58. The highest BCUT2D eigenvalue weighted by molar-refractivity contribution is 5.86. The highest BCUT2D eigenvalue weighted by Gasteiger charge is 2.45. The highest BCUT2D eigenvalue weighted by Crippen LogP contribution is 2.38. The molecule has 0 aliphatic carbocycles. The molecule has 0 unspecified atom stereocenters. The lowest BCUT2D eigenvalue weighted by molar-refractivity contribution is -0.132. The van der Waals surface area contributed by atoms with Gasteiger partial charge in [-0.3, -0.25) is 14.6 Å². The maximum absolute atomic E-state index is 13.2. The van der Waals surface area contributed by atoms with Crippen molar-refractivity contribution in [2.75, 3.05) is 27.2 Å². The molecule has 6 nitrogen and oxygen atoms in total. The summed E-state index contributed by atoms with van der Waals surface area (Å²) in [5.74, 6) is 0.682. The Labute approximate surface area is 194 Å². The molecule has 1 atom stereocenters. The van der Waals surface area contributed by atoms with Crippen molar-refractivity contribution in [3.8, 4) is 16.9 Å². The monoisotopic (exact) mass is 443 g/mol. The molecule has 33 heavy (non-hydrogen) atoms. The summed E-state index contributed by atoms with van der Waals surface area (Å²) in [6.45, 7) is 0.949. The molecular formula is C27H29N3O3. The van der Waals surface area contributed by atoms with Gasteiger partial charge in [-0.15, -0.1) is 0 Å². The van der Waals surface area contributed by atoms with Gasteiger partial charge in [0.05, 0.1) is 18.9 Å². The van der Waals surface area contributed by atoms with Gasteiger partial charge in [-0.05, 0) is 47.7 Å². The maximum Gasteiger partial charge on any atom is 0.228 e. The number of likely N-dealkylation sites (tertiary alicyclic amines) is 1. The number of nitrogens with one attached hydrogen (secondary N) is 1. The smallest absolute Gasteiger partial charge is 0.228 e. The van der Waals surface area contributed by atoms with Crippen LogP contribution in [0.1, 0.15) is 17.5 Å². The van der Waals surface area contributed by atoms with E-state index in [9.17, 15) is 9.59 Å². The Morgan fingerprint density at radius 1 is 1.03 bits per heavy atom. The van der Waals surface area contributed by atoms with Crippen LogP contribution in [-0.2, 0) is 22.4 Å². The van der Waals surface area contributed by atoms with E-state index in [1.54, 1.807) is 26.6 Å². The molecule has 1 saturated heterocycles. The van der Waals surface area contributed by atoms with Crippen LogP contribution in [0.15, 0.2) is 73.1 Å². The van der Waals surface area contributed by atoms with Crippen LogP contribution in [0.4, 0.5) is 0 Å². The van der Waals surface area contributed by atoms with Crippen molar-refractivity contribution in [3.05, 3.63) is 84.2 Å². The first-order chi connectivity index (χ1) is 16.1. The summed E-state index contributed by atoms with van der Waals surface area (Å²) >= 11 is 0. The van der Waals surface area contributed by atoms with Gasteiger partial charge in [0.25, 0.3) is 0 Å². The molecule has 170 valence electrons. The number of hydrogen-bond acceptors (Lipinski definition) is 4. The van der Waals surface area contributed by atoms with Crippen molar-refractivity contribution in [1.82, 2.24) is 15.2 Å². The van der Waals surface area contributed by atoms with E-state index in [2.05, 4.69) is 22.4 Å². The van der Waals surface area contributed by atoms with Crippen LogP contribution in [0.5, 0.6) is 5.75 Å². The molecule has 6 heteroatoms. The van der Waals surface area contributed by atoms with Crippen molar-refractivity contribution in [1.29, 1.82) is 0 Å². The zero-order valence-corrected chi connectivity index (χ0v) is 19.1. The molecule has 2 amide bonds. The lowest BCUT2D eigenvalue weighted by atomic mass is 9.78. The van der Waals surface area contributed by atoms with Gasteiger partial charge in [-0.1, -0.05) is 42.5 Å². The lowest BCUT2D eigenvalue weighted by Crippen LogP contribution is -2.44. The molecular weight excluding hydrogens is 414 g/mol. The van der Waals surface area contributed by atoms with Gasteiger partial charge in [0.15, 0.2) is 0 Å². The number of aromatic nitrogens is 1. The van der Waals surface area contributed by atoms with Crippen LogP contribution < -0.4 is 10.1 Å². The van der Waals surface area contributed by atoms with Crippen molar-refractivity contribution in [3.63, 3.8) is 0 Å². The van der Waals surface area contributed by atoms with E-state index >= 15 is 0 Å². The number of methoxy groups -OCH3 is 1. The number of para-hydroxylation sites is 1. The van der Waals surface area contributed by atoms with Crippen LogP contribution in [0.2, 0.25) is 0 Å². The minimum atomic E-state index is -0.672. The third-order valence-electron chi connectivity index (χ3n) is 6.49. The standard InChI is InChI=1S/C27H29N3O3/c1-28-26(32)27(18-22-8-3-5-9-23(22)20-11-14-29-15-12-20)13-16-30(19-27)25(31)17-21-7-4-6-10-24(21)33-2/h3-12,14-15H,13,16-19H2,1-2H3,(H,28,32)/t27-/m0/s1. The highest BCUT2D eigenvalue weighted by atomic mass is 16.5. The number of carbonyl (C=O) groups excluding carboxylic acids is 2. The molecule has 0 saturated carbocycles. The van der Waals surface area contributed by atoms with Gasteiger partial charge in [0.1, 0.15) is 5.75 Å². The summed E-state index contributed by atoms with van der Waals surface area (Å²) in [5, 5.41) is 2.85. The fraction of sp³-hybridized carbons (Fsp3) is 0.296. The van der Waals surface area contributed by atoms with E-state index in [4.69, 9.17) is 4.74 Å². The number of ether oxygens (including phenoxy) is 1. The van der Waals surface area contributed by atoms with Gasteiger partial charge < -0.3 is 15.0 Å². The fourth-order valence-corrected chi connectivity index (χ4v) is 4.74. The quantitative estimate of drug-likeness (QED) is 0.607. The number of rotatable bonds is 7. The molecule has 1 N–H and O–H groups in total. The molecule has 1 aromatic heterocycles. The number of carbonyl (C=O) groups is 2. The first-order valence-corrected chi connectivity index (χ1v) is 11.2. The van der Waals surface area contributed by atoms with E-state index in [1.807, 2.05) is 53.4 Å². The number of amides is 2. The number of hydrogen-bond donors (Lipinski definition) is 1. The van der Waals surface area contributed by atoms with Gasteiger partial charge >= 0.3 is 0 Å². The average Bonchev–Trinajstić information content (AvgIpc) is 3.30. The molecule has 1 aliphatic heterocycles. The van der Waals surface area contributed by atoms with Crippen LogP contribution >= 0.6 is 0 Å².